The highest BCUT2D eigenvalue weighted by atomic mass is 16.5. The molecule has 4 saturated carbocycles. The minimum Gasteiger partial charge on any atom is -0.466 e. The van der Waals surface area contributed by atoms with Gasteiger partial charge in [-0.3, -0.25) is 4.79 Å². The quantitative estimate of drug-likeness (QED) is 0.324. The van der Waals surface area contributed by atoms with Crippen molar-refractivity contribution in [3.63, 3.8) is 0 Å². The molecule has 0 aliphatic heterocycles. The number of carbonyl (C=O) groups excluding carboxylic acids is 1. The predicted octanol–water partition coefficient (Wildman–Crippen LogP) is 7.06. The zero-order chi connectivity index (χ0) is 18.5. The van der Waals surface area contributed by atoms with Gasteiger partial charge in [0, 0.05) is 0 Å². The Hall–Kier alpha value is -0.530. The molecule has 26 heavy (non-hydrogen) atoms. The second kappa shape index (κ2) is 9.11. The minimum absolute atomic E-state index is 0.0674. The third kappa shape index (κ3) is 4.47. The predicted molar refractivity (Wildman–Crippen MR) is 108 cm³/mol. The van der Waals surface area contributed by atoms with Gasteiger partial charge < -0.3 is 4.74 Å². The Morgan fingerprint density at radius 1 is 0.846 bits per heavy atom. The summed E-state index contributed by atoms with van der Waals surface area (Å²) in [6.45, 7) is 4.76. The lowest BCUT2D eigenvalue weighted by Crippen LogP contribution is -2.46. The van der Waals surface area contributed by atoms with Crippen LogP contribution in [-0.4, -0.2) is 12.6 Å². The summed E-state index contributed by atoms with van der Waals surface area (Å²) < 4.78 is 5.26. The summed E-state index contributed by atoms with van der Waals surface area (Å²) in [5.74, 6) is 1.14. The monoisotopic (exact) mass is 362 g/mol. The highest BCUT2D eigenvalue weighted by Gasteiger charge is 2.51. The number of fused-ring (bicyclic) bond motifs is 3. The number of esters is 1. The van der Waals surface area contributed by atoms with Crippen LogP contribution in [0.5, 0.6) is 0 Å². The molecular formula is C24H42O2. The van der Waals surface area contributed by atoms with Crippen LogP contribution >= 0.6 is 0 Å². The van der Waals surface area contributed by atoms with E-state index in [4.69, 9.17) is 4.74 Å². The van der Waals surface area contributed by atoms with Crippen molar-refractivity contribution in [2.24, 2.45) is 22.7 Å². The Morgan fingerprint density at radius 3 is 2.04 bits per heavy atom. The molecular weight excluding hydrogens is 320 g/mol. The van der Waals surface area contributed by atoms with E-state index in [0.29, 0.717) is 12.0 Å². The molecule has 0 aromatic heterocycles. The maximum atomic E-state index is 12.0. The molecule has 4 rings (SSSR count). The highest BCUT2D eigenvalue weighted by molar-refractivity contribution is 5.72. The molecule has 0 atom stereocenters. The average molecular weight is 363 g/mol. The highest BCUT2D eigenvalue weighted by Crippen LogP contribution is 2.63. The largest absolute Gasteiger partial charge is 0.466 e. The fourth-order valence-corrected chi connectivity index (χ4v) is 6.58. The molecule has 0 radical (unpaired) electrons. The van der Waals surface area contributed by atoms with Crippen molar-refractivity contribution in [2.45, 2.75) is 117 Å². The van der Waals surface area contributed by atoms with Crippen LogP contribution in [0, 0.1) is 22.7 Å². The van der Waals surface area contributed by atoms with Crippen molar-refractivity contribution in [3.8, 4) is 0 Å². The van der Waals surface area contributed by atoms with E-state index in [1.165, 1.54) is 89.9 Å². The zero-order valence-corrected chi connectivity index (χ0v) is 17.5. The van der Waals surface area contributed by atoms with E-state index in [-0.39, 0.29) is 11.9 Å². The SMILES string of the molecule is CCCCCCCC12CCC([C@H]3CC[C@H](C(=O)OCC)CC3)(CC1)CC2. The van der Waals surface area contributed by atoms with Crippen LogP contribution in [0.25, 0.3) is 0 Å². The number of carbonyl (C=O) groups is 1. The Labute approximate surface area is 161 Å². The molecule has 2 heteroatoms. The third-order valence-electron chi connectivity index (χ3n) is 8.48. The van der Waals surface area contributed by atoms with Gasteiger partial charge in [-0.05, 0) is 94.3 Å². The molecule has 0 heterocycles. The summed E-state index contributed by atoms with van der Waals surface area (Å²) in [5.41, 5.74) is 1.36. The van der Waals surface area contributed by atoms with Crippen molar-refractivity contribution >= 4 is 5.97 Å². The van der Waals surface area contributed by atoms with E-state index >= 15 is 0 Å². The Balaban J connectivity index is 1.44. The molecule has 0 amide bonds. The van der Waals surface area contributed by atoms with Crippen molar-refractivity contribution in [3.05, 3.63) is 0 Å². The van der Waals surface area contributed by atoms with E-state index in [9.17, 15) is 4.79 Å². The van der Waals surface area contributed by atoms with Gasteiger partial charge in [0.1, 0.15) is 0 Å². The molecule has 0 aromatic rings. The van der Waals surface area contributed by atoms with Gasteiger partial charge in [-0.15, -0.1) is 0 Å². The molecule has 4 fully saturated rings. The summed E-state index contributed by atoms with van der Waals surface area (Å²) in [6, 6.07) is 0. The zero-order valence-electron chi connectivity index (χ0n) is 17.5. The number of hydrogen-bond acceptors (Lipinski definition) is 2. The summed E-state index contributed by atoms with van der Waals surface area (Å²) in [4.78, 5) is 12.0. The van der Waals surface area contributed by atoms with Crippen LogP contribution < -0.4 is 0 Å². The average Bonchev–Trinajstić information content (AvgIpc) is 2.69. The maximum absolute atomic E-state index is 12.0. The molecule has 4 aliphatic rings. The molecule has 150 valence electrons. The Kier molecular flexibility index (Phi) is 7.08. The summed E-state index contributed by atoms with van der Waals surface area (Å²) >= 11 is 0. The van der Waals surface area contributed by atoms with Crippen LogP contribution in [0.15, 0.2) is 0 Å². The first-order chi connectivity index (χ1) is 12.6. The van der Waals surface area contributed by atoms with Gasteiger partial charge in [-0.2, -0.15) is 0 Å². The van der Waals surface area contributed by atoms with Gasteiger partial charge in [0.15, 0.2) is 0 Å². The normalized spacial score (nSPS) is 36.8. The minimum atomic E-state index is 0.0674. The fourth-order valence-electron chi connectivity index (χ4n) is 6.58. The lowest BCUT2D eigenvalue weighted by atomic mass is 9.47. The second-order valence-electron chi connectivity index (χ2n) is 9.83. The molecule has 0 unspecified atom stereocenters. The van der Waals surface area contributed by atoms with Crippen LogP contribution in [-0.2, 0) is 9.53 Å². The van der Waals surface area contributed by atoms with Gasteiger partial charge in [-0.25, -0.2) is 0 Å². The molecule has 0 N–H and O–H groups in total. The Bertz CT molecular complexity index is 423. The lowest BCUT2D eigenvalue weighted by Gasteiger charge is -2.58. The smallest absolute Gasteiger partial charge is 0.308 e. The van der Waals surface area contributed by atoms with Gasteiger partial charge >= 0.3 is 5.97 Å². The standard InChI is InChI=1S/C24H42O2/c1-3-5-6-7-8-13-23-14-17-24(18-15-23,19-16-23)21-11-9-20(10-12-21)22(25)26-4-2/h20-21H,3-19H2,1-2H3/t20-,21-,23?,24?. The molecule has 4 aliphatic carbocycles. The first kappa shape index (κ1) is 20.2. The second-order valence-corrected chi connectivity index (χ2v) is 9.83. The lowest BCUT2D eigenvalue weighted by molar-refractivity contribution is -0.150. The number of unbranched alkanes of at least 4 members (excludes halogenated alkanes) is 4. The summed E-state index contributed by atoms with van der Waals surface area (Å²) in [7, 11) is 0. The van der Waals surface area contributed by atoms with Crippen molar-refractivity contribution < 1.29 is 9.53 Å². The van der Waals surface area contributed by atoms with Gasteiger partial charge in [0.25, 0.3) is 0 Å². The molecule has 0 aromatic carbocycles. The van der Waals surface area contributed by atoms with E-state index in [1.807, 2.05) is 6.92 Å². The number of hydrogen-bond donors (Lipinski definition) is 0. The van der Waals surface area contributed by atoms with E-state index < -0.39 is 0 Å². The van der Waals surface area contributed by atoms with Crippen molar-refractivity contribution in [2.75, 3.05) is 6.61 Å². The number of rotatable bonds is 9. The van der Waals surface area contributed by atoms with E-state index in [0.717, 1.165) is 24.2 Å². The van der Waals surface area contributed by atoms with Crippen LogP contribution in [0.4, 0.5) is 0 Å². The third-order valence-corrected chi connectivity index (χ3v) is 8.48. The van der Waals surface area contributed by atoms with Crippen molar-refractivity contribution in [1.29, 1.82) is 0 Å². The molecule has 0 spiro atoms. The fraction of sp³-hybridized carbons (Fsp3) is 0.958. The summed E-state index contributed by atoms with van der Waals surface area (Å²) in [6.07, 6.45) is 22.3. The van der Waals surface area contributed by atoms with E-state index in [1.54, 1.807) is 0 Å². The maximum Gasteiger partial charge on any atom is 0.308 e. The molecule has 2 bridgehead atoms. The topological polar surface area (TPSA) is 26.3 Å². The summed E-state index contributed by atoms with van der Waals surface area (Å²) in [5, 5.41) is 0. The first-order valence-corrected chi connectivity index (χ1v) is 11.8. The van der Waals surface area contributed by atoms with Crippen LogP contribution in [0.1, 0.15) is 117 Å². The van der Waals surface area contributed by atoms with Gasteiger partial charge in [0.2, 0.25) is 0 Å². The van der Waals surface area contributed by atoms with Gasteiger partial charge in [0.05, 0.1) is 12.5 Å². The molecule has 2 nitrogen and oxygen atoms in total. The number of ether oxygens (including phenoxy) is 1. The van der Waals surface area contributed by atoms with Crippen LogP contribution in [0.3, 0.4) is 0 Å². The van der Waals surface area contributed by atoms with Crippen LogP contribution in [0.2, 0.25) is 0 Å². The van der Waals surface area contributed by atoms with E-state index in [2.05, 4.69) is 6.92 Å². The first-order valence-electron chi connectivity index (χ1n) is 11.8. The molecule has 0 saturated heterocycles. The van der Waals surface area contributed by atoms with Crippen molar-refractivity contribution in [1.82, 2.24) is 0 Å². The Morgan fingerprint density at radius 2 is 1.46 bits per heavy atom. The van der Waals surface area contributed by atoms with Gasteiger partial charge in [-0.1, -0.05) is 39.0 Å².